The number of benzene rings is 2. The molecular weight excluding hydrogens is 346 g/mol. The van der Waals surface area contributed by atoms with Gasteiger partial charge in [0.05, 0.1) is 0 Å². The number of aryl methyl sites for hydroxylation is 3. The third kappa shape index (κ3) is 4.09. The second kappa shape index (κ2) is 7.89. The van der Waals surface area contributed by atoms with Crippen LogP contribution in [0, 0.1) is 20.8 Å². The summed E-state index contributed by atoms with van der Waals surface area (Å²) in [4.78, 5) is 14.2. The molecule has 2 aromatic carbocycles. The number of para-hydroxylation sites is 1. The molecule has 5 nitrogen and oxygen atoms in total. The van der Waals surface area contributed by atoms with Crippen LogP contribution in [0.25, 0.3) is 0 Å². The van der Waals surface area contributed by atoms with Crippen LogP contribution in [0.1, 0.15) is 16.8 Å². The van der Waals surface area contributed by atoms with Crippen LogP contribution in [0.2, 0.25) is 0 Å². The Labute approximate surface area is 167 Å². The van der Waals surface area contributed by atoms with Gasteiger partial charge in [0.2, 0.25) is 5.95 Å². The predicted octanol–water partition coefficient (Wildman–Crippen LogP) is 4.47. The summed E-state index contributed by atoms with van der Waals surface area (Å²) < 4.78 is 0. The van der Waals surface area contributed by atoms with Gasteiger partial charge in [0, 0.05) is 49.3 Å². The minimum Gasteiger partial charge on any atom is -0.368 e. The number of hydrogen-bond acceptors (Lipinski definition) is 5. The van der Waals surface area contributed by atoms with Crippen LogP contribution in [0.5, 0.6) is 0 Å². The molecule has 4 rings (SSSR count). The molecule has 0 atom stereocenters. The SMILES string of the molecule is Cc1ccc(C)c(Nc2nc(C)cc(N3CCN(c4ccccc4)CC3)n2)c1. The molecule has 28 heavy (non-hydrogen) atoms. The Kier molecular flexibility index (Phi) is 5.15. The maximum absolute atomic E-state index is 4.81. The number of aromatic nitrogens is 2. The lowest BCUT2D eigenvalue weighted by Crippen LogP contribution is -2.46. The van der Waals surface area contributed by atoms with Gasteiger partial charge in [-0.25, -0.2) is 4.98 Å². The van der Waals surface area contributed by atoms with Crippen LogP contribution in [-0.2, 0) is 0 Å². The fourth-order valence-corrected chi connectivity index (χ4v) is 3.59. The number of nitrogens with zero attached hydrogens (tertiary/aromatic N) is 4. The van der Waals surface area contributed by atoms with Gasteiger partial charge in [0.1, 0.15) is 5.82 Å². The van der Waals surface area contributed by atoms with E-state index in [0.717, 1.165) is 43.4 Å². The van der Waals surface area contributed by atoms with Crippen LogP contribution in [0.4, 0.5) is 23.1 Å². The summed E-state index contributed by atoms with van der Waals surface area (Å²) in [6.07, 6.45) is 0. The van der Waals surface area contributed by atoms with Crippen LogP contribution in [0.15, 0.2) is 54.6 Å². The number of hydrogen-bond donors (Lipinski definition) is 1. The van der Waals surface area contributed by atoms with Gasteiger partial charge in [-0.1, -0.05) is 30.3 Å². The molecule has 1 aliphatic rings. The van der Waals surface area contributed by atoms with Gasteiger partial charge in [-0.2, -0.15) is 4.98 Å². The Balaban J connectivity index is 1.49. The molecule has 0 spiro atoms. The van der Waals surface area contributed by atoms with Crippen molar-refractivity contribution in [2.24, 2.45) is 0 Å². The van der Waals surface area contributed by atoms with Crippen LogP contribution >= 0.6 is 0 Å². The fourth-order valence-electron chi connectivity index (χ4n) is 3.59. The molecule has 0 radical (unpaired) electrons. The third-order valence-corrected chi connectivity index (χ3v) is 5.21. The second-order valence-corrected chi connectivity index (χ2v) is 7.44. The Morgan fingerprint density at radius 3 is 2.25 bits per heavy atom. The van der Waals surface area contributed by atoms with Gasteiger partial charge >= 0.3 is 0 Å². The largest absolute Gasteiger partial charge is 0.368 e. The Bertz CT molecular complexity index is 946. The molecule has 3 aromatic rings. The van der Waals surface area contributed by atoms with E-state index in [-0.39, 0.29) is 0 Å². The summed E-state index contributed by atoms with van der Waals surface area (Å²) in [5, 5.41) is 3.41. The third-order valence-electron chi connectivity index (χ3n) is 5.21. The molecule has 2 heterocycles. The van der Waals surface area contributed by atoms with Crippen LogP contribution in [0.3, 0.4) is 0 Å². The first-order valence-electron chi connectivity index (χ1n) is 9.83. The standard InChI is InChI=1S/C23H27N5/c1-17-9-10-18(2)21(15-17)25-23-24-19(3)16-22(26-23)28-13-11-27(12-14-28)20-7-5-4-6-8-20/h4-10,15-16H,11-14H2,1-3H3,(H,24,25,26). The molecule has 0 amide bonds. The molecule has 0 unspecified atom stereocenters. The van der Waals surface area contributed by atoms with E-state index in [0.29, 0.717) is 5.95 Å². The van der Waals surface area contributed by atoms with E-state index in [2.05, 4.69) is 88.5 Å². The summed E-state index contributed by atoms with van der Waals surface area (Å²) in [7, 11) is 0. The first-order valence-corrected chi connectivity index (χ1v) is 9.83. The van der Waals surface area contributed by atoms with Crippen molar-refractivity contribution in [1.29, 1.82) is 0 Å². The Morgan fingerprint density at radius 2 is 1.50 bits per heavy atom. The van der Waals surface area contributed by atoms with Crippen LogP contribution in [-0.4, -0.2) is 36.1 Å². The van der Waals surface area contributed by atoms with Gasteiger partial charge in [-0.3, -0.25) is 0 Å². The summed E-state index contributed by atoms with van der Waals surface area (Å²) in [5.41, 5.74) is 5.73. The van der Waals surface area contributed by atoms with Gasteiger partial charge in [0.15, 0.2) is 0 Å². The molecule has 144 valence electrons. The van der Waals surface area contributed by atoms with Crippen molar-refractivity contribution in [2.75, 3.05) is 41.3 Å². The zero-order valence-corrected chi connectivity index (χ0v) is 16.8. The lowest BCUT2D eigenvalue weighted by Gasteiger charge is -2.36. The zero-order chi connectivity index (χ0) is 19.5. The highest BCUT2D eigenvalue weighted by atomic mass is 15.3. The van der Waals surface area contributed by atoms with Crippen molar-refractivity contribution in [1.82, 2.24) is 9.97 Å². The van der Waals surface area contributed by atoms with Crippen molar-refractivity contribution < 1.29 is 0 Å². The zero-order valence-electron chi connectivity index (χ0n) is 16.8. The summed E-state index contributed by atoms with van der Waals surface area (Å²) in [5.74, 6) is 1.65. The normalized spacial score (nSPS) is 14.2. The summed E-state index contributed by atoms with van der Waals surface area (Å²) in [6.45, 7) is 10.1. The minimum atomic E-state index is 0.661. The van der Waals surface area contributed by atoms with Gasteiger partial charge in [-0.05, 0) is 50.1 Å². The van der Waals surface area contributed by atoms with Crippen LogP contribution < -0.4 is 15.1 Å². The van der Waals surface area contributed by atoms with Crippen molar-refractivity contribution in [3.63, 3.8) is 0 Å². The molecular formula is C23H27N5. The number of piperazine rings is 1. The van der Waals surface area contributed by atoms with E-state index >= 15 is 0 Å². The van der Waals surface area contributed by atoms with Gasteiger partial charge in [-0.15, -0.1) is 0 Å². The quantitative estimate of drug-likeness (QED) is 0.731. The van der Waals surface area contributed by atoms with E-state index in [9.17, 15) is 0 Å². The van der Waals surface area contributed by atoms with E-state index in [1.54, 1.807) is 0 Å². The Morgan fingerprint density at radius 1 is 0.786 bits per heavy atom. The van der Waals surface area contributed by atoms with E-state index in [1.807, 2.05) is 6.92 Å². The predicted molar refractivity (Wildman–Crippen MR) is 117 cm³/mol. The highest BCUT2D eigenvalue weighted by molar-refractivity contribution is 5.61. The lowest BCUT2D eigenvalue weighted by molar-refractivity contribution is 0.647. The molecule has 0 saturated carbocycles. The van der Waals surface area contributed by atoms with Crippen molar-refractivity contribution in [3.8, 4) is 0 Å². The van der Waals surface area contributed by atoms with Gasteiger partial charge in [0.25, 0.3) is 0 Å². The molecule has 5 heteroatoms. The molecule has 1 N–H and O–H groups in total. The van der Waals surface area contributed by atoms with Crippen molar-refractivity contribution in [2.45, 2.75) is 20.8 Å². The average molecular weight is 374 g/mol. The van der Waals surface area contributed by atoms with E-state index in [4.69, 9.17) is 4.98 Å². The highest BCUT2D eigenvalue weighted by Crippen LogP contribution is 2.23. The monoisotopic (exact) mass is 373 g/mol. The minimum absolute atomic E-state index is 0.661. The second-order valence-electron chi connectivity index (χ2n) is 7.44. The lowest BCUT2D eigenvalue weighted by atomic mass is 10.1. The molecule has 0 aliphatic carbocycles. The summed E-state index contributed by atoms with van der Waals surface area (Å²) in [6, 6.07) is 19.1. The van der Waals surface area contributed by atoms with E-state index in [1.165, 1.54) is 16.8 Å². The maximum Gasteiger partial charge on any atom is 0.229 e. The number of nitrogens with one attached hydrogen (secondary N) is 1. The van der Waals surface area contributed by atoms with E-state index < -0.39 is 0 Å². The topological polar surface area (TPSA) is 44.3 Å². The number of rotatable bonds is 4. The average Bonchev–Trinajstić information content (AvgIpc) is 2.71. The molecule has 1 saturated heterocycles. The van der Waals surface area contributed by atoms with Crippen molar-refractivity contribution in [3.05, 3.63) is 71.4 Å². The summed E-state index contributed by atoms with van der Waals surface area (Å²) >= 11 is 0. The Hall–Kier alpha value is -3.08. The first kappa shape index (κ1) is 18.3. The highest BCUT2D eigenvalue weighted by Gasteiger charge is 2.19. The molecule has 0 bridgehead atoms. The maximum atomic E-state index is 4.81. The molecule has 1 aromatic heterocycles. The van der Waals surface area contributed by atoms with Gasteiger partial charge < -0.3 is 15.1 Å². The number of anilines is 4. The fraction of sp³-hybridized carbons (Fsp3) is 0.304. The van der Waals surface area contributed by atoms with Crippen molar-refractivity contribution >= 4 is 23.1 Å². The molecule has 1 aliphatic heterocycles. The molecule has 1 fully saturated rings. The first-order chi connectivity index (χ1) is 13.6. The smallest absolute Gasteiger partial charge is 0.229 e.